The Morgan fingerprint density at radius 2 is 1.04 bits per heavy atom. The van der Waals surface area contributed by atoms with Crippen LogP contribution in [0.15, 0.2) is 60.7 Å². The lowest BCUT2D eigenvalue weighted by atomic mass is 10.1. The van der Waals surface area contributed by atoms with Crippen LogP contribution >= 0.6 is 0 Å². The van der Waals surface area contributed by atoms with Crippen molar-refractivity contribution in [3.8, 4) is 0 Å². The van der Waals surface area contributed by atoms with Crippen LogP contribution in [-0.4, -0.2) is 47.6 Å². The molecule has 2 aromatic rings. The third-order valence-electron chi connectivity index (χ3n) is 3.82. The third kappa shape index (κ3) is 6.31. The summed E-state index contributed by atoms with van der Waals surface area (Å²) in [6, 6.07) is 18.8. The number of ether oxygens (including phenoxy) is 2. The van der Waals surface area contributed by atoms with Crippen molar-refractivity contribution in [2.24, 2.45) is 0 Å². The molecule has 0 saturated carbocycles. The fourth-order valence-corrected chi connectivity index (χ4v) is 2.47. The molecule has 0 aromatic heterocycles. The molecule has 0 aliphatic rings. The van der Waals surface area contributed by atoms with Crippen LogP contribution in [0.3, 0.4) is 0 Å². The molecule has 0 spiro atoms. The van der Waals surface area contributed by atoms with Crippen LogP contribution in [-0.2, 0) is 31.9 Å². The van der Waals surface area contributed by atoms with E-state index in [4.69, 9.17) is 9.47 Å². The number of carbonyl (C=O) groups is 2. The molecule has 6 heteroatoms. The molecule has 2 aromatic carbocycles. The number of aliphatic carboxylic acids is 2. The molecule has 0 bridgehead atoms. The minimum atomic E-state index is -1.56. The smallest absolute Gasteiger partial charge is 0.336 e. The maximum Gasteiger partial charge on any atom is 0.336 e. The zero-order chi connectivity index (χ0) is 18.8. The molecule has 6 nitrogen and oxygen atoms in total. The predicted octanol–water partition coefficient (Wildman–Crippen LogP) is 2.41. The number of hydrogen-bond acceptors (Lipinski definition) is 4. The second kappa shape index (κ2) is 10.3. The van der Waals surface area contributed by atoms with Gasteiger partial charge in [0.15, 0.2) is 12.2 Å². The average molecular weight is 358 g/mol. The summed E-state index contributed by atoms with van der Waals surface area (Å²) in [6.07, 6.45) is -2.15. The van der Waals surface area contributed by atoms with Crippen LogP contribution < -0.4 is 0 Å². The van der Waals surface area contributed by atoms with Crippen LogP contribution in [0.1, 0.15) is 11.1 Å². The fraction of sp³-hybridized carbons (Fsp3) is 0.300. The highest BCUT2D eigenvalue weighted by molar-refractivity contribution is 5.83. The lowest BCUT2D eigenvalue weighted by molar-refractivity contribution is -0.176. The zero-order valence-electron chi connectivity index (χ0n) is 14.3. The van der Waals surface area contributed by atoms with Crippen molar-refractivity contribution >= 4 is 11.9 Å². The SMILES string of the molecule is O=C(O)[C@H](OCCc1ccccc1)[C@@H](OCCc1ccccc1)C(=O)O. The summed E-state index contributed by atoms with van der Waals surface area (Å²) >= 11 is 0. The molecule has 0 heterocycles. The van der Waals surface area contributed by atoms with Crippen molar-refractivity contribution < 1.29 is 29.3 Å². The van der Waals surface area contributed by atoms with Crippen molar-refractivity contribution in [1.82, 2.24) is 0 Å². The summed E-state index contributed by atoms with van der Waals surface area (Å²) in [5.41, 5.74) is 1.96. The van der Waals surface area contributed by atoms with E-state index in [-0.39, 0.29) is 13.2 Å². The summed E-state index contributed by atoms with van der Waals surface area (Å²) in [6.45, 7) is 0.180. The number of benzene rings is 2. The minimum Gasteiger partial charge on any atom is -0.479 e. The highest BCUT2D eigenvalue weighted by Crippen LogP contribution is 2.10. The average Bonchev–Trinajstić information content (AvgIpc) is 2.64. The fourth-order valence-electron chi connectivity index (χ4n) is 2.47. The number of hydrogen-bond donors (Lipinski definition) is 2. The van der Waals surface area contributed by atoms with Crippen molar-refractivity contribution in [1.29, 1.82) is 0 Å². The molecule has 26 heavy (non-hydrogen) atoms. The van der Waals surface area contributed by atoms with Gasteiger partial charge < -0.3 is 19.7 Å². The van der Waals surface area contributed by atoms with Crippen molar-refractivity contribution in [2.75, 3.05) is 13.2 Å². The first-order valence-corrected chi connectivity index (χ1v) is 8.34. The van der Waals surface area contributed by atoms with Gasteiger partial charge in [0.25, 0.3) is 0 Å². The third-order valence-corrected chi connectivity index (χ3v) is 3.82. The van der Waals surface area contributed by atoms with Crippen LogP contribution in [0, 0.1) is 0 Å². The topological polar surface area (TPSA) is 93.1 Å². The van der Waals surface area contributed by atoms with Gasteiger partial charge in [-0.25, -0.2) is 9.59 Å². The molecule has 2 rings (SSSR count). The first kappa shape index (κ1) is 19.6. The largest absolute Gasteiger partial charge is 0.479 e. The van der Waals surface area contributed by atoms with Gasteiger partial charge in [0.2, 0.25) is 0 Å². The molecule has 0 aliphatic heterocycles. The highest BCUT2D eigenvalue weighted by Gasteiger charge is 2.35. The maximum atomic E-state index is 11.5. The second-order valence-corrected chi connectivity index (χ2v) is 5.73. The van der Waals surface area contributed by atoms with E-state index in [1.807, 2.05) is 60.7 Å². The lowest BCUT2D eigenvalue weighted by Crippen LogP contribution is -2.44. The Balaban J connectivity index is 1.89. The van der Waals surface area contributed by atoms with E-state index in [2.05, 4.69) is 0 Å². The van der Waals surface area contributed by atoms with Crippen molar-refractivity contribution in [2.45, 2.75) is 25.0 Å². The first-order chi connectivity index (χ1) is 12.6. The molecule has 2 N–H and O–H groups in total. The summed E-state index contributed by atoms with van der Waals surface area (Å²) in [4.78, 5) is 22.9. The standard InChI is InChI=1S/C20H22O6/c21-19(22)17(25-13-11-15-7-3-1-4-8-15)18(20(23)24)26-14-12-16-9-5-2-6-10-16/h1-10,17-18H,11-14H2,(H,21,22)(H,23,24)/t17-,18-/m1/s1. The normalized spacial score (nSPS) is 13.1. The Morgan fingerprint density at radius 1 is 0.692 bits per heavy atom. The Kier molecular flexibility index (Phi) is 7.79. The lowest BCUT2D eigenvalue weighted by Gasteiger charge is -2.21. The van der Waals surface area contributed by atoms with E-state index in [0.29, 0.717) is 12.8 Å². The molecular weight excluding hydrogens is 336 g/mol. The molecular formula is C20H22O6. The van der Waals surface area contributed by atoms with E-state index in [9.17, 15) is 19.8 Å². The Morgan fingerprint density at radius 3 is 1.35 bits per heavy atom. The summed E-state index contributed by atoms with van der Waals surface area (Å²) < 4.78 is 10.7. The monoisotopic (exact) mass is 358 g/mol. The summed E-state index contributed by atoms with van der Waals surface area (Å²) in [7, 11) is 0. The Labute approximate surface area is 152 Å². The molecule has 0 aliphatic carbocycles. The van der Waals surface area contributed by atoms with Gasteiger partial charge in [0.05, 0.1) is 13.2 Å². The van der Waals surface area contributed by atoms with Crippen LogP contribution in [0.4, 0.5) is 0 Å². The van der Waals surface area contributed by atoms with Gasteiger partial charge >= 0.3 is 11.9 Å². The molecule has 0 radical (unpaired) electrons. The maximum absolute atomic E-state index is 11.5. The van der Waals surface area contributed by atoms with Gasteiger partial charge in [0, 0.05) is 0 Å². The van der Waals surface area contributed by atoms with Crippen LogP contribution in [0.2, 0.25) is 0 Å². The van der Waals surface area contributed by atoms with Crippen LogP contribution in [0.5, 0.6) is 0 Å². The molecule has 0 amide bonds. The predicted molar refractivity (Wildman–Crippen MR) is 95.0 cm³/mol. The van der Waals surface area contributed by atoms with Crippen LogP contribution in [0.25, 0.3) is 0 Å². The zero-order valence-corrected chi connectivity index (χ0v) is 14.3. The van der Waals surface area contributed by atoms with Gasteiger partial charge in [-0.3, -0.25) is 0 Å². The van der Waals surface area contributed by atoms with E-state index in [1.165, 1.54) is 0 Å². The summed E-state index contributed by atoms with van der Waals surface area (Å²) in [5.74, 6) is -2.71. The molecule has 2 atom stereocenters. The van der Waals surface area contributed by atoms with Gasteiger partial charge in [-0.1, -0.05) is 60.7 Å². The van der Waals surface area contributed by atoms with Gasteiger partial charge in [-0.2, -0.15) is 0 Å². The Hall–Kier alpha value is -2.70. The summed E-state index contributed by atoms with van der Waals surface area (Å²) in [5, 5.41) is 18.7. The number of carboxylic acid groups (broad SMARTS) is 2. The van der Waals surface area contributed by atoms with Gasteiger partial charge in [-0.05, 0) is 24.0 Å². The highest BCUT2D eigenvalue weighted by atomic mass is 16.6. The quantitative estimate of drug-likeness (QED) is 0.641. The minimum absolute atomic E-state index is 0.0901. The molecule has 0 saturated heterocycles. The van der Waals surface area contributed by atoms with Gasteiger partial charge in [-0.15, -0.1) is 0 Å². The number of carboxylic acids is 2. The van der Waals surface area contributed by atoms with E-state index >= 15 is 0 Å². The van der Waals surface area contributed by atoms with Crippen molar-refractivity contribution in [3.05, 3.63) is 71.8 Å². The number of rotatable bonds is 11. The molecule has 138 valence electrons. The molecule has 0 unspecified atom stereocenters. The Bertz CT molecular complexity index is 624. The van der Waals surface area contributed by atoms with Crippen molar-refractivity contribution in [3.63, 3.8) is 0 Å². The second-order valence-electron chi connectivity index (χ2n) is 5.73. The van der Waals surface area contributed by atoms with E-state index in [0.717, 1.165) is 11.1 Å². The van der Waals surface area contributed by atoms with E-state index in [1.54, 1.807) is 0 Å². The first-order valence-electron chi connectivity index (χ1n) is 8.34. The van der Waals surface area contributed by atoms with Gasteiger partial charge in [0.1, 0.15) is 0 Å². The van der Waals surface area contributed by atoms with E-state index < -0.39 is 24.1 Å². The molecule has 0 fully saturated rings.